The van der Waals surface area contributed by atoms with Crippen LogP contribution in [0.5, 0.6) is 5.75 Å². The molecule has 0 fully saturated rings. The summed E-state index contributed by atoms with van der Waals surface area (Å²) in [6.45, 7) is 5.92. The highest BCUT2D eigenvalue weighted by Gasteiger charge is 1.99. The standard InChI is InChI=1S/C11H11NO2/c1-3-6-14-11-5-4-10(12-8-13)7-9(11)2/h3-5,7H,1,6H2,2H3. The fourth-order valence-electron chi connectivity index (χ4n) is 1.07. The molecule has 0 unspecified atom stereocenters. The monoisotopic (exact) mass is 189 g/mol. The summed E-state index contributed by atoms with van der Waals surface area (Å²) in [5.41, 5.74) is 1.52. The fraction of sp³-hybridized carbons (Fsp3) is 0.182. The molecule has 0 heterocycles. The minimum Gasteiger partial charge on any atom is -0.489 e. The predicted molar refractivity (Wildman–Crippen MR) is 54.7 cm³/mol. The summed E-state index contributed by atoms with van der Waals surface area (Å²) >= 11 is 0. The lowest BCUT2D eigenvalue weighted by Crippen LogP contribution is -1.94. The van der Waals surface area contributed by atoms with E-state index in [9.17, 15) is 4.79 Å². The van der Waals surface area contributed by atoms with Gasteiger partial charge in [-0.1, -0.05) is 12.7 Å². The summed E-state index contributed by atoms with van der Waals surface area (Å²) in [7, 11) is 0. The van der Waals surface area contributed by atoms with Crippen molar-refractivity contribution in [2.45, 2.75) is 6.92 Å². The average molecular weight is 189 g/mol. The quantitative estimate of drug-likeness (QED) is 0.414. The molecule has 0 spiro atoms. The van der Waals surface area contributed by atoms with Crippen LogP contribution < -0.4 is 4.74 Å². The highest BCUT2D eigenvalue weighted by atomic mass is 16.5. The number of hydrogen-bond acceptors (Lipinski definition) is 3. The summed E-state index contributed by atoms with van der Waals surface area (Å²) in [5, 5.41) is 0. The molecule has 0 aromatic heterocycles. The van der Waals surface area contributed by atoms with Gasteiger partial charge in [-0.15, -0.1) is 0 Å². The van der Waals surface area contributed by atoms with E-state index in [4.69, 9.17) is 4.74 Å². The topological polar surface area (TPSA) is 38.7 Å². The number of carbonyl (C=O) groups excluding carboxylic acids is 1. The Morgan fingerprint density at radius 2 is 2.43 bits per heavy atom. The Morgan fingerprint density at radius 1 is 1.64 bits per heavy atom. The molecular formula is C11H11NO2. The average Bonchev–Trinajstić information content (AvgIpc) is 2.17. The molecule has 0 N–H and O–H groups in total. The maximum atomic E-state index is 10.0. The van der Waals surface area contributed by atoms with Crippen LogP contribution in [0.15, 0.2) is 35.8 Å². The van der Waals surface area contributed by atoms with Gasteiger partial charge in [0.25, 0.3) is 0 Å². The normalized spacial score (nSPS) is 8.93. The van der Waals surface area contributed by atoms with E-state index in [0.29, 0.717) is 12.3 Å². The fourth-order valence-corrected chi connectivity index (χ4v) is 1.07. The molecule has 0 saturated heterocycles. The Hall–Kier alpha value is -1.86. The van der Waals surface area contributed by atoms with Gasteiger partial charge in [0.15, 0.2) is 0 Å². The van der Waals surface area contributed by atoms with Crippen molar-refractivity contribution in [3.8, 4) is 5.75 Å². The first-order valence-corrected chi connectivity index (χ1v) is 4.20. The molecule has 0 atom stereocenters. The van der Waals surface area contributed by atoms with Crippen molar-refractivity contribution < 1.29 is 9.53 Å². The number of rotatable bonds is 4. The van der Waals surface area contributed by atoms with Crippen molar-refractivity contribution >= 4 is 11.8 Å². The smallest absolute Gasteiger partial charge is 0.240 e. The van der Waals surface area contributed by atoms with Gasteiger partial charge in [0.2, 0.25) is 6.08 Å². The lowest BCUT2D eigenvalue weighted by Gasteiger charge is -2.06. The summed E-state index contributed by atoms with van der Waals surface area (Å²) in [6, 6.07) is 5.24. The zero-order valence-corrected chi connectivity index (χ0v) is 7.99. The minimum atomic E-state index is 0.469. The van der Waals surface area contributed by atoms with E-state index in [1.54, 1.807) is 24.3 Å². The second-order valence-electron chi connectivity index (χ2n) is 2.75. The van der Waals surface area contributed by atoms with Gasteiger partial charge in [0, 0.05) is 0 Å². The van der Waals surface area contributed by atoms with Gasteiger partial charge in [-0.25, -0.2) is 4.79 Å². The lowest BCUT2D eigenvalue weighted by atomic mass is 10.2. The van der Waals surface area contributed by atoms with Gasteiger partial charge in [-0.3, -0.25) is 0 Å². The van der Waals surface area contributed by atoms with Crippen LogP contribution in [-0.4, -0.2) is 12.7 Å². The molecule has 3 nitrogen and oxygen atoms in total. The molecule has 1 aromatic carbocycles. The molecule has 72 valence electrons. The van der Waals surface area contributed by atoms with Crippen LogP contribution in [0.25, 0.3) is 0 Å². The third-order valence-electron chi connectivity index (χ3n) is 1.69. The van der Waals surface area contributed by atoms with Gasteiger partial charge < -0.3 is 4.74 Å². The van der Waals surface area contributed by atoms with Crippen LogP contribution >= 0.6 is 0 Å². The molecule has 1 aromatic rings. The molecular weight excluding hydrogens is 178 g/mol. The summed E-state index contributed by atoms with van der Waals surface area (Å²) in [6.07, 6.45) is 3.17. The maximum absolute atomic E-state index is 10.0. The molecule has 0 aliphatic carbocycles. The van der Waals surface area contributed by atoms with Crippen molar-refractivity contribution in [1.29, 1.82) is 0 Å². The summed E-state index contributed by atoms with van der Waals surface area (Å²) in [4.78, 5) is 13.5. The lowest BCUT2D eigenvalue weighted by molar-refractivity contribution is 0.360. The van der Waals surface area contributed by atoms with Crippen molar-refractivity contribution in [3.05, 3.63) is 36.4 Å². The van der Waals surface area contributed by atoms with E-state index in [-0.39, 0.29) is 0 Å². The van der Waals surface area contributed by atoms with E-state index in [0.717, 1.165) is 11.3 Å². The van der Waals surface area contributed by atoms with Gasteiger partial charge >= 0.3 is 0 Å². The van der Waals surface area contributed by atoms with Gasteiger partial charge in [0.1, 0.15) is 12.4 Å². The number of aliphatic imine (C=N–C) groups is 1. The van der Waals surface area contributed by atoms with Crippen LogP contribution in [0.1, 0.15) is 5.56 Å². The summed E-state index contributed by atoms with van der Waals surface area (Å²) in [5.74, 6) is 0.773. The molecule has 0 aliphatic heterocycles. The second-order valence-corrected chi connectivity index (χ2v) is 2.75. The Labute approximate surface area is 82.7 Å². The van der Waals surface area contributed by atoms with E-state index < -0.39 is 0 Å². The van der Waals surface area contributed by atoms with Gasteiger partial charge in [-0.05, 0) is 30.7 Å². The van der Waals surface area contributed by atoms with Gasteiger partial charge in [-0.2, -0.15) is 4.99 Å². The van der Waals surface area contributed by atoms with Crippen LogP contribution in [0, 0.1) is 6.92 Å². The Balaban J connectivity index is 2.89. The van der Waals surface area contributed by atoms with Crippen molar-refractivity contribution in [1.82, 2.24) is 0 Å². The first kappa shape index (κ1) is 10.2. The zero-order valence-electron chi connectivity index (χ0n) is 7.99. The highest BCUT2D eigenvalue weighted by Crippen LogP contribution is 2.23. The number of aryl methyl sites for hydroxylation is 1. The molecule has 0 saturated carbocycles. The minimum absolute atomic E-state index is 0.469. The maximum Gasteiger partial charge on any atom is 0.240 e. The third kappa shape index (κ3) is 2.57. The molecule has 0 bridgehead atoms. The molecule has 0 amide bonds. The number of hydrogen-bond donors (Lipinski definition) is 0. The first-order chi connectivity index (χ1) is 6.77. The van der Waals surface area contributed by atoms with E-state index in [2.05, 4.69) is 11.6 Å². The SMILES string of the molecule is C=CCOc1ccc(N=C=O)cc1C. The molecule has 14 heavy (non-hydrogen) atoms. The summed E-state index contributed by atoms with van der Waals surface area (Å²) < 4.78 is 5.36. The Bertz CT molecular complexity index is 379. The molecule has 3 heteroatoms. The number of isocyanates is 1. The number of ether oxygens (including phenoxy) is 1. The van der Waals surface area contributed by atoms with Crippen molar-refractivity contribution in [3.63, 3.8) is 0 Å². The second kappa shape index (κ2) is 5.00. The third-order valence-corrected chi connectivity index (χ3v) is 1.69. The van der Waals surface area contributed by atoms with Crippen molar-refractivity contribution in [2.75, 3.05) is 6.61 Å². The van der Waals surface area contributed by atoms with E-state index in [1.165, 1.54) is 6.08 Å². The van der Waals surface area contributed by atoms with Crippen LogP contribution in [0.4, 0.5) is 5.69 Å². The first-order valence-electron chi connectivity index (χ1n) is 4.20. The molecule has 1 rings (SSSR count). The predicted octanol–water partition coefficient (Wildman–Crippen LogP) is 2.53. The highest BCUT2D eigenvalue weighted by molar-refractivity contribution is 5.52. The number of benzene rings is 1. The molecule has 0 radical (unpaired) electrons. The Kier molecular flexibility index (Phi) is 3.65. The van der Waals surface area contributed by atoms with E-state index >= 15 is 0 Å². The molecule has 0 aliphatic rings. The number of nitrogens with zero attached hydrogens (tertiary/aromatic N) is 1. The Morgan fingerprint density at radius 3 is 3.00 bits per heavy atom. The van der Waals surface area contributed by atoms with Gasteiger partial charge in [0.05, 0.1) is 5.69 Å². The van der Waals surface area contributed by atoms with Crippen LogP contribution in [0.2, 0.25) is 0 Å². The van der Waals surface area contributed by atoms with Crippen LogP contribution in [0.3, 0.4) is 0 Å². The van der Waals surface area contributed by atoms with E-state index in [1.807, 2.05) is 6.92 Å². The van der Waals surface area contributed by atoms with Crippen molar-refractivity contribution in [2.24, 2.45) is 4.99 Å². The zero-order chi connectivity index (χ0) is 10.4. The largest absolute Gasteiger partial charge is 0.489 e. The van der Waals surface area contributed by atoms with Crippen LogP contribution in [-0.2, 0) is 4.79 Å².